The molecule has 0 saturated heterocycles. The van der Waals surface area contributed by atoms with E-state index in [1.165, 1.54) is 30.7 Å². The molecule has 0 saturated carbocycles. The minimum Gasteiger partial charge on any atom is -0.418 e. The molecular formula is C11H25BF4N2O. The van der Waals surface area contributed by atoms with E-state index in [4.69, 9.17) is 10.4 Å². The third kappa shape index (κ3) is 22.8. The van der Waals surface area contributed by atoms with Crippen LogP contribution in [0.4, 0.5) is 17.3 Å². The van der Waals surface area contributed by atoms with Gasteiger partial charge in [-0.3, -0.25) is 0 Å². The van der Waals surface area contributed by atoms with Gasteiger partial charge in [0.25, 0.3) is 0 Å². The van der Waals surface area contributed by atoms with Crippen molar-refractivity contribution in [2.45, 2.75) is 34.1 Å². The number of halogens is 4. The van der Waals surface area contributed by atoms with E-state index >= 15 is 0 Å². The minimum atomic E-state index is -6.00. The molecule has 19 heavy (non-hydrogen) atoms. The highest BCUT2D eigenvalue weighted by Gasteiger charge is 2.20. The molecule has 0 heterocycles. The van der Waals surface area contributed by atoms with Gasteiger partial charge in [-0.2, -0.15) is 5.26 Å². The zero-order valence-electron chi connectivity index (χ0n) is 12.2. The van der Waals surface area contributed by atoms with Gasteiger partial charge < -0.3 is 26.9 Å². The molecule has 0 bridgehead atoms. The first-order chi connectivity index (χ1) is 8.66. The molecule has 0 aliphatic rings. The summed E-state index contributed by atoms with van der Waals surface area (Å²) >= 11 is 0. The molecule has 0 aromatic carbocycles. The number of aliphatic hydroxyl groups excluding tert-OH is 1. The van der Waals surface area contributed by atoms with Gasteiger partial charge in [0.15, 0.2) is 0 Å². The molecule has 0 fully saturated rings. The SMILES string of the molecule is CC[N+](CC)(CC)CC.F[B-](F)(F)F.N#CCCO. The van der Waals surface area contributed by atoms with Gasteiger partial charge in [-0.1, -0.05) is 0 Å². The summed E-state index contributed by atoms with van der Waals surface area (Å²) in [6, 6.07) is 1.77. The Labute approximate surface area is 113 Å². The highest BCUT2D eigenvalue weighted by Crippen LogP contribution is 2.06. The van der Waals surface area contributed by atoms with Crippen LogP contribution in [0.5, 0.6) is 0 Å². The maximum Gasteiger partial charge on any atom is 0.673 e. The lowest BCUT2D eigenvalue weighted by atomic mass is 10.3. The molecule has 0 aliphatic heterocycles. The minimum absolute atomic E-state index is 0.0174. The Balaban J connectivity index is -0.000000219. The smallest absolute Gasteiger partial charge is 0.418 e. The van der Waals surface area contributed by atoms with Gasteiger partial charge in [0.1, 0.15) is 0 Å². The standard InChI is InChI=1S/C8H20N.C3H5NO.BF4/c1-5-9(6-2,7-3)8-4;4-2-1-3-5;2-1(3,4)5/h5-8H2,1-4H3;5H,1,3H2;/q+1;;-1. The van der Waals surface area contributed by atoms with Crippen LogP contribution < -0.4 is 0 Å². The van der Waals surface area contributed by atoms with E-state index in [9.17, 15) is 17.3 Å². The van der Waals surface area contributed by atoms with Gasteiger partial charge in [-0.05, 0) is 27.7 Å². The summed E-state index contributed by atoms with van der Waals surface area (Å²) in [4.78, 5) is 0. The van der Waals surface area contributed by atoms with Crippen molar-refractivity contribution in [1.82, 2.24) is 0 Å². The van der Waals surface area contributed by atoms with Crippen molar-refractivity contribution in [1.29, 1.82) is 5.26 Å². The Hall–Kier alpha value is -0.805. The van der Waals surface area contributed by atoms with Crippen molar-refractivity contribution in [3.63, 3.8) is 0 Å². The van der Waals surface area contributed by atoms with Gasteiger partial charge in [0.2, 0.25) is 0 Å². The van der Waals surface area contributed by atoms with E-state index in [2.05, 4.69) is 27.7 Å². The van der Waals surface area contributed by atoms with Crippen LogP contribution >= 0.6 is 0 Å². The molecule has 0 radical (unpaired) electrons. The van der Waals surface area contributed by atoms with E-state index in [1.54, 1.807) is 6.07 Å². The summed E-state index contributed by atoms with van der Waals surface area (Å²) in [5, 5.41) is 15.5. The van der Waals surface area contributed by atoms with Crippen LogP contribution in [0.2, 0.25) is 0 Å². The number of rotatable bonds is 5. The molecule has 116 valence electrons. The van der Waals surface area contributed by atoms with Crippen LogP contribution in [-0.2, 0) is 0 Å². The Morgan fingerprint density at radius 2 is 1.21 bits per heavy atom. The Bertz CT molecular complexity index is 204. The van der Waals surface area contributed by atoms with Crippen molar-refractivity contribution in [3.05, 3.63) is 0 Å². The largest absolute Gasteiger partial charge is 0.673 e. The molecule has 0 aliphatic carbocycles. The number of quaternary nitrogens is 1. The zero-order chi connectivity index (χ0) is 15.9. The molecule has 0 spiro atoms. The molecule has 3 nitrogen and oxygen atoms in total. The third-order valence-electron chi connectivity index (χ3n) is 2.91. The van der Waals surface area contributed by atoms with E-state index < -0.39 is 7.25 Å². The highest BCUT2D eigenvalue weighted by atomic mass is 19.5. The Morgan fingerprint density at radius 1 is 0.947 bits per heavy atom. The number of hydrogen-bond donors (Lipinski definition) is 1. The number of hydrogen-bond acceptors (Lipinski definition) is 2. The molecule has 0 aromatic rings. The summed E-state index contributed by atoms with van der Waals surface area (Å²) in [6.45, 7) is 14.2. The maximum absolute atomic E-state index is 9.75. The van der Waals surface area contributed by atoms with E-state index in [-0.39, 0.29) is 13.0 Å². The summed E-state index contributed by atoms with van der Waals surface area (Å²) in [5.74, 6) is 0. The molecule has 0 atom stereocenters. The highest BCUT2D eigenvalue weighted by molar-refractivity contribution is 6.50. The van der Waals surface area contributed by atoms with Crippen LogP contribution in [0.1, 0.15) is 34.1 Å². The maximum atomic E-state index is 9.75. The Kier molecular flexibility index (Phi) is 16.7. The van der Waals surface area contributed by atoms with Crippen LogP contribution in [0.3, 0.4) is 0 Å². The summed E-state index contributed by atoms with van der Waals surface area (Å²) in [5.41, 5.74) is 0. The van der Waals surface area contributed by atoms with E-state index in [1.807, 2.05) is 0 Å². The number of aliphatic hydroxyl groups is 1. The van der Waals surface area contributed by atoms with Gasteiger partial charge in [-0.15, -0.1) is 0 Å². The molecule has 8 heteroatoms. The molecule has 0 unspecified atom stereocenters. The second-order valence-electron chi connectivity index (χ2n) is 3.73. The molecule has 0 amide bonds. The fraction of sp³-hybridized carbons (Fsp3) is 0.909. The van der Waals surface area contributed by atoms with Gasteiger partial charge in [0.05, 0.1) is 45.3 Å². The first kappa shape index (κ1) is 23.3. The molecule has 0 rings (SSSR count). The van der Waals surface area contributed by atoms with Crippen molar-refractivity contribution in [3.8, 4) is 6.07 Å². The fourth-order valence-electron chi connectivity index (χ4n) is 1.39. The van der Waals surface area contributed by atoms with Crippen LogP contribution in [0.25, 0.3) is 0 Å². The van der Waals surface area contributed by atoms with Crippen LogP contribution in [-0.4, -0.2) is 49.6 Å². The summed E-state index contributed by atoms with van der Waals surface area (Å²) in [7, 11) is -6.00. The van der Waals surface area contributed by atoms with E-state index in [0.29, 0.717) is 0 Å². The van der Waals surface area contributed by atoms with Crippen LogP contribution in [0, 0.1) is 11.3 Å². The van der Waals surface area contributed by atoms with Gasteiger partial charge in [0, 0.05) is 0 Å². The molecule has 0 aromatic heterocycles. The van der Waals surface area contributed by atoms with E-state index in [0.717, 1.165) is 0 Å². The number of nitrogens with zero attached hydrogens (tertiary/aromatic N) is 2. The lowest BCUT2D eigenvalue weighted by Gasteiger charge is -2.34. The first-order valence-corrected chi connectivity index (χ1v) is 6.36. The first-order valence-electron chi connectivity index (χ1n) is 6.36. The van der Waals surface area contributed by atoms with Crippen molar-refractivity contribution in [2.24, 2.45) is 0 Å². The second kappa shape index (κ2) is 13.6. The lowest BCUT2D eigenvalue weighted by Crippen LogP contribution is -2.47. The average Bonchev–Trinajstić information content (AvgIpc) is 2.32. The van der Waals surface area contributed by atoms with Crippen molar-refractivity contribution < 1.29 is 26.9 Å². The predicted octanol–water partition coefficient (Wildman–Crippen LogP) is 3.08. The van der Waals surface area contributed by atoms with Gasteiger partial charge in [-0.25, -0.2) is 0 Å². The average molecular weight is 288 g/mol. The van der Waals surface area contributed by atoms with Crippen LogP contribution in [0.15, 0.2) is 0 Å². The summed E-state index contributed by atoms with van der Waals surface area (Å²) < 4.78 is 40.3. The third-order valence-corrected chi connectivity index (χ3v) is 2.91. The fourth-order valence-corrected chi connectivity index (χ4v) is 1.39. The quantitative estimate of drug-likeness (QED) is 0.480. The second-order valence-corrected chi connectivity index (χ2v) is 3.73. The summed E-state index contributed by atoms with van der Waals surface area (Å²) in [6.07, 6.45) is 0.250. The molecular weight excluding hydrogens is 263 g/mol. The monoisotopic (exact) mass is 288 g/mol. The predicted molar refractivity (Wildman–Crippen MR) is 69.9 cm³/mol. The molecule has 1 N–H and O–H groups in total. The topological polar surface area (TPSA) is 44.0 Å². The lowest BCUT2D eigenvalue weighted by molar-refractivity contribution is -0.921. The van der Waals surface area contributed by atoms with Gasteiger partial charge >= 0.3 is 7.25 Å². The zero-order valence-corrected chi connectivity index (χ0v) is 12.2. The normalized spacial score (nSPS) is 10.5. The van der Waals surface area contributed by atoms with Crippen molar-refractivity contribution >= 4 is 7.25 Å². The van der Waals surface area contributed by atoms with Crippen molar-refractivity contribution in [2.75, 3.05) is 32.8 Å². The Morgan fingerprint density at radius 3 is 1.21 bits per heavy atom. The number of nitriles is 1.